The van der Waals surface area contributed by atoms with Crippen LogP contribution in [-0.2, 0) is 0 Å². The van der Waals surface area contributed by atoms with E-state index in [0.29, 0.717) is 0 Å². The molecule has 8 rings (SSSR count). The zero-order valence-corrected chi connectivity index (χ0v) is 19.1. The van der Waals surface area contributed by atoms with Gasteiger partial charge in [0.1, 0.15) is 22.7 Å². The second-order valence-electron chi connectivity index (χ2n) is 9.40. The van der Waals surface area contributed by atoms with Gasteiger partial charge in [0.15, 0.2) is 0 Å². The number of fused-ring (bicyclic) bond motifs is 2. The molecule has 2 aromatic heterocycles. The van der Waals surface area contributed by atoms with Crippen LogP contribution in [0.4, 0.5) is 0 Å². The Morgan fingerprint density at radius 1 is 0.457 bits per heavy atom. The number of hydrogen-bond acceptors (Lipinski definition) is 2. The highest BCUT2D eigenvalue weighted by Gasteiger charge is 2.19. The lowest BCUT2D eigenvalue weighted by Crippen LogP contribution is -1.90. The van der Waals surface area contributed by atoms with E-state index in [1.807, 2.05) is 30.3 Å². The van der Waals surface area contributed by atoms with Crippen molar-refractivity contribution in [3.8, 4) is 22.6 Å². The minimum Gasteiger partial charge on any atom is -0.456 e. The summed E-state index contributed by atoms with van der Waals surface area (Å²) >= 11 is 0. The van der Waals surface area contributed by atoms with Crippen LogP contribution in [0.15, 0.2) is 112 Å². The second kappa shape index (κ2) is 6.74. The number of benzene rings is 6. The Hall–Kier alpha value is -4.56. The Labute approximate surface area is 201 Å². The van der Waals surface area contributed by atoms with Gasteiger partial charge in [-0.2, -0.15) is 0 Å². The molecule has 0 aliphatic rings. The second-order valence-corrected chi connectivity index (χ2v) is 9.40. The van der Waals surface area contributed by atoms with Crippen LogP contribution in [-0.4, -0.2) is 0 Å². The van der Waals surface area contributed by atoms with Crippen LogP contribution in [0.5, 0.6) is 0 Å². The molecule has 6 aromatic carbocycles. The molecule has 0 saturated carbocycles. The molecule has 2 heteroatoms. The Balaban J connectivity index is 1.47. The van der Waals surface area contributed by atoms with Gasteiger partial charge in [0, 0.05) is 21.9 Å². The van der Waals surface area contributed by atoms with Gasteiger partial charge >= 0.3 is 0 Å². The monoisotopic (exact) mass is 448 g/mol. The van der Waals surface area contributed by atoms with E-state index in [1.165, 1.54) is 37.9 Å². The Bertz CT molecular complexity index is 2000. The molecule has 0 amide bonds. The molecule has 8 aromatic rings. The van der Waals surface area contributed by atoms with E-state index < -0.39 is 0 Å². The van der Waals surface area contributed by atoms with Crippen molar-refractivity contribution in [2.45, 2.75) is 6.92 Å². The smallest absolute Gasteiger partial charge is 0.136 e. The highest BCUT2D eigenvalue weighted by atomic mass is 16.3. The third-order valence-corrected chi connectivity index (χ3v) is 7.37. The quantitative estimate of drug-likeness (QED) is 0.246. The van der Waals surface area contributed by atoms with Crippen LogP contribution < -0.4 is 0 Å². The topological polar surface area (TPSA) is 26.3 Å². The molecule has 0 bridgehead atoms. The highest BCUT2D eigenvalue weighted by molar-refractivity contribution is 6.28. The van der Waals surface area contributed by atoms with Gasteiger partial charge < -0.3 is 8.83 Å². The SMILES string of the molecule is Cc1cc(-c2cc3ccccc3o2)c2ccc3c(-c4cc5ccccc5o4)ccc4ccc1c2c43. The van der Waals surface area contributed by atoms with Crippen LogP contribution in [0.3, 0.4) is 0 Å². The minimum atomic E-state index is 0.901. The van der Waals surface area contributed by atoms with Crippen LogP contribution in [0.1, 0.15) is 5.56 Å². The van der Waals surface area contributed by atoms with Crippen molar-refractivity contribution in [1.29, 1.82) is 0 Å². The van der Waals surface area contributed by atoms with Crippen molar-refractivity contribution < 1.29 is 8.83 Å². The molecule has 0 fully saturated rings. The number of furan rings is 2. The van der Waals surface area contributed by atoms with E-state index in [-0.39, 0.29) is 0 Å². The zero-order chi connectivity index (χ0) is 23.1. The maximum Gasteiger partial charge on any atom is 0.136 e. The summed E-state index contributed by atoms with van der Waals surface area (Å²) in [6, 6.07) is 36.3. The molecule has 0 spiro atoms. The first-order valence-corrected chi connectivity index (χ1v) is 11.9. The third-order valence-electron chi connectivity index (χ3n) is 7.37. The maximum atomic E-state index is 6.31. The Morgan fingerprint density at radius 3 is 1.71 bits per heavy atom. The Morgan fingerprint density at radius 2 is 1.03 bits per heavy atom. The van der Waals surface area contributed by atoms with E-state index in [1.54, 1.807) is 0 Å². The first-order valence-electron chi connectivity index (χ1n) is 11.9. The van der Waals surface area contributed by atoms with Gasteiger partial charge in [0.05, 0.1) is 0 Å². The van der Waals surface area contributed by atoms with Crippen molar-refractivity contribution in [2.75, 3.05) is 0 Å². The molecule has 0 saturated heterocycles. The van der Waals surface area contributed by atoms with Gasteiger partial charge in [-0.25, -0.2) is 0 Å². The van der Waals surface area contributed by atoms with Gasteiger partial charge in [-0.1, -0.05) is 66.7 Å². The molecular weight excluding hydrogens is 428 g/mol. The van der Waals surface area contributed by atoms with E-state index in [2.05, 4.69) is 79.7 Å². The van der Waals surface area contributed by atoms with Gasteiger partial charge in [-0.05, 0) is 81.2 Å². The molecule has 35 heavy (non-hydrogen) atoms. The molecule has 2 heterocycles. The molecule has 0 aliphatic carbocycles. The van der Waals surface area contributed by atoms with Crippen molar-refractivity contribution >= 4 is 54.3 Å². The fourth-order valence-corrected chi connectivity index (χ4v) is 5.72. The summed E-state index contributed by atoms with van der Waals surface area (Å²) in [5.74, 6) is 1.81. The van der Waals surface area contributed by atoms with Crippen molar-refractivity contribution in [3.05, 3.63) is 109 Å². The van der Waals surface area contributed by atoms with Gasteiger partial charge in [-0.3, -0.25) is 0 Å². The molecular formula is C33H20O2. The third kappa shape index (κ3) is 2.59. The minimum absolute atomic E-state index is 0.901. The number of rotatable bonds is 2. The molecule has 0 radical (unpaired) electrons. The molecule has 2 nitrogen and oxygen atoms in total. The van der Waals surface area contributed by atoms with Crippen LogP contribution >= 0.6 is 0 Å². The zero-order valence-electron chi connectivity index (χ0n) is 19.1. The lowest BCUT2D eigenvalue weighted by Gasteiger charge is -2.16. The summed E-state index contributed by atoms with van der Waals surface area (Å²) in [5.41, 5.74) is 5.33. The van der Waals surface area contributed by atoms with Crippen molar-refractivity contribution in [2.24, 2.45) is 0 Å². The fraction of sp³-hybridized carbons (Fsp3) is 0.0303. The number of hydrogen-bond donors (Lipinski definition) is 0. The standard InChI is InChI=1S/C33H20O2/c1-19-16-27(31-18-22-7-3-5-9-29(22)35-31)26-15-14-25-24(30-17-21-6-2-4-8-28(21)34-30)13-11-20-10-12-23(19)33(26)32(20)25/h2-18H,1H3. The molecule has 0 atom stereocenters. The van der Waals surface area contributed by atoms with Crippen LogP contribution in [0, 0.1) is 6.92 Å². The van der Waals surface area contributed by atoms with E-state index >= 15 is 0 Å². The molecule has 0 aliphatic heterocycles. The first-order chi connectivity index (χ1) is 17.2. The van der Waals surface area contributed by atoms with Gasteiger partial charge in [0.25, 0.3) is 0 Å². The summed E-state index contributed by atoms with van der Waals surface area (Å²) < 4.78 is 12.6. The maximum absolute atomic E-state index is 6.31. The average molecular weight is 449 g/mol. The summed E-state index contributed by atoms with van der Waals surface area (Å²) in [4.78, 5) is 0. The van der Waals surface area contributed by atoms with Gasteiger partial charge in [-0.15, -0.1) is 0 Å². The predicted molar refractivity (Wildman–Crippen MR) is 145 cm³/mol. The van der Waals surface area contributed by atoms with Crippen LogP contribution in [0.2, 0.25) is 0 Å². The largest absolute Gasteiger partial charge is 0.456 e. The normalized spacial score (nSPS) is 12.1. The van der Waals surface area contributed by atoms with E-state index in [0.717, 1.165) is 44.6 Å². The number of aryl methyl sites for hydroxylation is 1. The first kappa shape index (κ1) is 18.8. The average Bonchev–Trinajstić information content (AvgIpc) is 3.52. The van der Waals surface area contributed by atoms with Crippen molar-refractivity contribution in [3.63, 3.8) is 0 Å². The molecule has 0 unspecified atom stereocenters. The summed E-state index contributed by atoms with van der Waals surface area (Å²) in [6.07, 6.45) is 0. The van der Waals surface area contributed by atoms with Crippen LogP contribution in [0.25, 0.3) is 76.9 Å². The number of para-hydroxylation sites is 2. The highest BCUT2D eigenvalue weighted by Crippen LogP contribution is 2.44. The molecule has 164 valence electrons. The predicted octanol–water partition coefficient (Wildman–Crippen LogP) is 9.72. The molecule has 0 N–H and O–H groups in total. The van der Waals surface area contributed by atoms with Crippen molar-refractivity contribution in [1.82, 2.24) is 0 Å². The van der Waals surface area contributed by atoms with E-state index in [4.69, 9.17) is 8.83 Å². The summed E-state index contributed by atoms with van der Waals surface area (Å²) in [6.45, 7) is 2.19. The lowest BCUT2D eigenvalue weighted by atomic mass is 9.87. The van der Waals surface area contributed by atoms with E-state index in [9.17, 15) is 0 Å². The Kier molecular flexibility index (Phi) is 3.62. The summed E-state index contributed by atoms with van der Waals surface area (Å²) in [7, 11) is 0. The lowest BCUT2D eigenvalue weighted by molar-refractivity contribution is 0.632. The fourth-order valence-electron chi connectivity index (χ4n) is 5.72. The summed E-state index contributed by atoms with van der Waals surface area (Å²) in [5, 5.41) is 9.74. The van der Waals surface area contributed by atoms with Gasteiger partial charge in [0.2, 0.25) is 0 Å².